The van der Waals surface area contributed by atoms with Gasteiger partial charge < -0.3 is 10.2 Å². The Bertz CT molecular complexity index is 433. The number of halogens is 1. The second-order valence-electron chi connectivity index (χ2n) is 4.66. The largest absolute Gasteiger partial charge is 0.352 e. The van der Waals surface area contributed by atoms with Crippen LogP contribution in [0.2, 0.25) is 5.15 Å². The van der Waals surface area contributed by atoms with Crippen LogP contribution in [0.25, 0.3) is 0 Å². The summed E-state index contributed by atoms with van der Waals surface area (Å²) >= 11 is 5.92. The van der Waals surface area contributed by atoms with Crippen LogP contribution in [0.15, 0.2) is 12.1 Å². The first kappa shape index (κ1) is 16.9. The van der Waals surface area contributed by atoms with Crippen LogP contribution in [0.4, 0.5) is 0 Å². The molecule has 1 aromatic heterocycles. The third-order valence-electron chi connectivity index (χ3n) is 3.30. The second kappa shape index (κ2) is 8.93. The zero-order chi connectivity index (χ0) is 15.0. The maximum absolute atomic E-state index is 12.0. The van der Waals surface area contributed by atoms with E-state index in [1.807, 2.05) is 6.92 Å². The van der Waals surface area contributed by atoms with Crippen molar-refractivity contribution in [3.8, 4) is 0 Å². The average Bonchev–Trinajstić information content (AvgIpc) is 2.46. The third-order valence-corrected chi connectivity index (χ3v) is 3.50. The summed E-state index contributed by atoms with van der Waals surface area (Å²) in [5, 5.41) is 3.30. The third kappa shape index (κ3) is 5.47. The molecule has 0 aliphatic heterocycles. The van der Waals surface area contributed by atoms with Gasteiger partial charge in [0.2, 0.25) is 0 Å². The van der Waals surface area contributed by atoms with Crippen LogP contribution < -0.4 is 5.32 Å². The number of aryl methyl sites for hydroxylation is 1. The first-order valence-electron chi connectivity index (χ1n) is 7.27. The van der Waals surface area contributed by atoms with E-state index < -0.39 is 0 Å². The number of aromatic nitrogens is 1. The van der Waals surface area contributed by atoms with Crippen molar-refractivity contribution in [2.75, 3.05) is 26.2 Å². The summed E-state index contributed by atoms with van der Waals surface area (Å²) in [4.78, 5) is 18.5. The lowest BCUT2D eigenvalue weighted by Crippen LogP contribution is -2.30. The highest BCUT2D eigenvalue weighted by Crippen LogP contribution is 2.11. The van der Waals surface area contributed by atoms with Gasteiger partial charge in [-0.15, -0.1) is 0 Å². The predicted octanol–water partition coefficient (Wildman–Crippen LogP) is 2.76. The second-order valence-corrected chi connectivity index (χ2v) is 5.05. The van der Waals surface area contributed by atoms with Gasteiger partial charge in [0.25, 0.3) is 5.91 Å². The highest BCUT2D eigenvalue weighted by atomic mass is 35.5. The first-order valence-corrected chi connectivity index (χ1v) is 7.65. The highest BCUT2D eigenvalue weighted by molar-refractivity contribution is 6.29. The monoisotopic (exact) mass is 297 g/mol. The van der Waals surface area contributed by atoms with Crippen LogP contribution >= 0.6 is 11.6 Å². The molecule has 1 rings (SSSR count). The highest BCUT2D eigenvalue weighted by Gasteiger charge is 2.08. The Labute approximate surface area is 126 Å². The minimum Gasteiger partial charge on any atom is -0.352 e. The standard InChI is InChI=1S/C15H24ClN3O/c1-4-13-10-12(11-14(16)18-13)15(20)17-8-7-9-19(5-2)6-3/h10-11H,4-9H2,1-3H3,(H,17,20). The van der Waals surface area contributed by atoms with E-state index in [1.165, 1.54) is 0 Å². The number of amides is 1. The SMILES string of the molecule is CCc1cc(C(=O)NCCCN(CC)CC)cc(Cl)n1. The Morgan fingerprint density at radius 2 is 2.00 bits per heavy atom. The Morgan fingerprint density at radius 3 is 2.60 bits per heavy atom. The van der Waals surface area contributed by atoms with Crippen LogP contribution in [0.1, 0.15) is 43.2 Å². The summed E-state index contributed by atoms with van der Waals surface area (Å²) < 4.78 is 0. The van der Waals surface area contributed by atoms with E-state index in [4.69, 9.17) is 11.6 Å². The summed E-state index contributed by atoms with van der Waals surface area (Å²) in [5.41, 5.74) is 1.43. The van der Waals surface area contributed by atoms with Crippen LogP contribution in [0, 0.1) is 0 Å². The molecule has 1 aromatic rings. The van der Waals surface area contributed by atoms with E-state index in [0.29, 0.717) is 17.3 Å². The predicted molar refractivity (Wildman–Crippen MR) is 83.4 cm³/mol. The van der Waals surface area contributed by atoms with Gasteiger partial charge in [-0.1, -0.05) is 32.4 Å². The van der Waals surface area contributed by atoms with Gasteiger partial charge in [0.05, 0.1) is 0 Å². The topological polar surface area (TPSA) is 45.2 Å². The van der Waals surface area contributed by atoms with Gasteiger partial charge in [-0.2, -0.15) is 0 Å². The molecule has 4 nitrogen and oxygen atoms in total. The molecular weight excluding hydrogens is 274 g/mol. The molecule has 5 heteroatoms. The van der Waals surface area contributed by atoms with Crippen molar-refractivity contribution < 1.29 is 4.79 Å². The fourth-order valence-electron chi connectivity index (χ4n) is 2.01. The Hall–Kier alpha value is -1.13. The maximum atomic E-state index is 12.0. The molecule has 0 unspecified atom stereocenters. The van der Waals surface area contributed by atoms with Crippen molar-refractivity contribution in [2.24, 2.45) is 0 Å². The molecule has 112 valence electrons. The van der Waals surface area contributed by atoms with Crippen molar-refractivity contribution in [3.63, 3.8) is 0 Å². The molecule has 0 fully saturated rings. The summed E-state index contributed by atoms with van der Waals surface area (Å²) in [5.74, 6) is -0.0800. The van der Waals surface area contributed by atoms with E-state index in [1.54, 1.807) is 12.1 Å². The number of hydrogen-bond acceptors (Lipinski definition) is 3. The average molecular weight is 298 g/mol. The molecule has 0 aliphatic rings. The molecule has 0 spiro atoms. The lowest BCUT2D eigenvalue weighted by atomic mass is 10.2. The molecule has 0 aliphatic carbocycles. The molecule has 0 saturated heterocycles. The van der Waals surface area contributed by atoms with E-state index in [2.05, 4.69) is 29.0 Å². The summed E-state index contributed by atoms with van der Waals surface area (Å²) in [6.07, 6.45) is 1.72. The number of nitrogens with one attached hydrogen (secondary N) is 1. The molecule has 0 atom stereocenters. The lowest BCUT2D eigenvalue weighted by Gasteiger charge is -2.17. The number of rotatable bonds is 8. The summed E-state index contributed by atoms with van der Waals surface area (Å²) in [7, 11) is 0. The van der Waals surface area contributed by atoms with E-state index in [9.17, 15) is 4.79 Å². The lowest BCUT2D eigenvalue weighted by molar-refractivity contribution is 0.0951. The quantitative estimate of drug-likeness (QED) is 0.593. The van der Waals surface area contributed by atoms with Crippen molar-refractivity contribution in [1.82, 2.24) is 15.2 Å². The number of nitrogens with zero attached hydrogens (tertiary/aromatic N) is 2. The molecular formula is C15H24ClN3O. The van der Waals surface area contributed by atoms with Crippen molar-refractivity contribution in [3.05, 3.63) is 28.5 Å². The van der Waals surface area contributed by atoms with Gasteiger partial charge in [0.1, 0.15) is 5.15 Å². The van der Waals surface area contributed by atoms with Crippen LogP contribution in [0.5, 0.6) is 0 Å². The number of carbonyl (C=O) groups excluding carboxylic acids is 1. The minimum absolute atomic E-state index is 0.0800. The van der Waals surface area contributed by atoms with E-state index >= 15 is 0 Å². The van der Waals surface area contributed by atoms with Crippen LogP contribution in [-0.2, 0) is 6.42 Å². The minimum atomic E-state index is -0.0800. The zero-order valence-corrected chi connectivity index (χ0v) is 13.3. The van der Waals surface area contributed by atoms with Gasteiger partial charge in [-0.05, 0) is 44.6 Å². The molecule has 1 N–H and O–H groups in total. The molecule has 0 bridgehead atoms. The molecule has 1 amide bonds. The Kier molecular flexibility index (Phi) is 7.55. The van der Waals surface area contributed by atoms with Gasteiger partial charge in [0.15, 0.2) is 0 Å². The summed E-state index contributed by atoms with van der Waals surface area (Å²) in [6, 6.07) is 3.41. The van der Waals surface area contributed by atoms with Gasteiger partial charge in [0, 0.05) is 17.8 Å². The van der Waals surface area contributed by atoms with E-state index in [-0.39, 0.29) is 5.91 Å². The van der Waals surface area contributed by atoms with Gasteiger partial charge >= 0.3 is 0 Å². The normalized spacial score (nSPS) is 10.8. The number of pyridine rings is 1. The molecule has 0 saturated carbocycles. The van der Waals surface area contributed by atoms with Crippen molar-refractivity contribution in [1.29, 1.82) is 0 Å². The molecule has 1 heterocycles. The summed E-state index contributed by atoms with van der Waals surface area (Å²) in [6.45, 7) is 10.1. The Balaban J connectivity index is 2.45. The van der Waals surface area contributed by atoms with Gasteiger partial charge in [-0.3, -0.25) is 4.79 Å². The molecule has 0 radical (unpaired) electrons. The molecule has 0 aromatic carbocycles. The van der Waals surface area contributed by atoms with Crippen LogP contribution in [0.3, 0.4) is 0 Å². The van der Waals surface area contributed by atoms with Crippen LogP contribution in [-0.4, -0.2) is 42.0 Å². The smallest absolute Gasteiger partial charge is 0.251 e. The van der Waals surface area contributed by atoms with E-state index in [0.717, 1.165) is 38.2 Å². The first-order chi connectivity index (χ1) is 9.60. The number of carbonyl (C=O) groups is 1. The Morgan fingerprint density at radius 1 is 1.30 bits per heavy atom. The fraction of sp³-hybridized carbons (Fsp3) is 0.600. The zero-order valence-electron chi connectivity index (χ0n) is 12.6. The van der Waals surface area contributed by atoms with Crippen molar-refractivity contribution >= 4 is 17.5 Å². The fourth-order valence-corrected chi connectivity index (χ4v) is 2.24. The van der Waals surface area contributed by atoms with Crippen molar-refractivity contribution in [2.45, 2.75) is 33.6 Å². The van der Waals surface area contributed by atoms with Gasteiger partial charge in [-0.25, -0.2) is 4.98 Å². The maximum Gasteiger partial charge on any atom is 0.251 e. The number of hydrogen-bond donors (Lipinski definition) is 1. The molecule has 20 heavy (non-hydrogen) atoms.